The third kappa shape index (κ3) is 9.21. The number of alkyl carbamates (subject to hydrolysis) is 1. The highest BCUT2D eigenvalue weighted by Crippen LogP contribution is 2.22. The summed E-state index contributed by atoms with van der Waals surface area (Å²) in [4.78, 5) is 55.7. The summed E-state index contributed by atoms with van der Waals surface area (Å²) in [5.74, 6) is -1.29. The number of benzene rings is 1. The van der Waals surface area contributed by atoms with E-state index < -0.39 is 24.0 Å². The van der Waals surface area contributed by atoms with Gasteiger partial charge < -0.3 is 25.0 Å². The van der Waals surface area contributed by atoms with Crippen LogP contribution in [0.25, 0.3) is 0 Å². The predicted molar refractivity (Wildman–Crippen MR) is 135 cm³/mol. The normalized spacial score (nSPS) is 16.0. The van der Waals surface area contributed by atoms with Gasteiger partial charge >= 0.3 is 12.1 Å². The van der Waals surface area contributed by atoms with Gasteiger partial charge in [0, 0.05) is 31.4 Å². The van der Waals surface area contributed by atoms with E-state index in [0.29, 0.717) is 13.0 Å². The summed E-state index contributed by atoms with van der Waals surface area (Å²) in [5, 5.41) is 5.07. The Bertz CT molecular complexity index is 1030. The Morgan fingerprint density at radius 2 is 1.84 bits per heavy atom. The van der Waals surface area contributed by atoms with E-state index in [9.17, 15) is 19.2 Å². The van der Waals surface area contributed by atoms with Crippen LogP contribution in [-0.4, -0.2) is 66.0 Å². The van der Waals surface area contributed by atoms with E-state index in [2.05, 4.69) is 15.6 Å². The summed E-state index contributed by atoms with van der Waals surface area (Å²) >= 11 is 0. The van der Waals surface area contributed by atoms with Gasteiger partial charge in [-0.3, -0.25) is 14.6 Å². The minimum Gasteiger partial charge on any atom is -0.464 e. The second-order valence-corrected chi connectivity index (χ2v) is 8.81. The number of rotatable bonds is 12. The molecule has 1 fully saturated rings. The maximum atomic E-state index is 12.9. The first-order chi connectivity index (χ1) is 18.0. The molecule has 2 heterocycles. The van der Waals surface area contributed by atoms with Crippen LogP contribution in [0.2, 0.25) is 0 Å². The Hall–Kier alpha value is -3.95. The summed E-state index contributed by atoms with van der Waals surface area (Å²) in [6.45, 7) is 2.00. The molecule has 0 bridgehead atoms. The molecule has 198 valence electrons. The van der Waals surface area contributed by atoms with Gasteiger partial charge in [-0.25, -0.2) is 9.59 Å². The summed E-state index contributed by atoms with van der Waals surface area (Å²) in [7, 11) is 0. The minimum absolute atomic E-state index is 0.0357. The molecular weight excluding hydrogens is 476 g/mol. The van der Waals surface area contributed by atoms with Crippen LogP contribution in [0.1, 0.15) is 37.3 Å². The summed E-state index contributed by atoms with van der Waals surface area (Å²) in [6, 6.07) is 11.9. The topological polar surface area (TPSA) is 127 Å². The summed E-state index contributed by atoms with van der Waals surface area (Å²) in [6.07, 6.45) is 5.75. The zero-order chi connectivity index (χ0) is 26.5. The Balaban J connectivity index is 1.47. The van der Waals surface area contributed by atoms with E-state index in [0.717, 1.165) is 30.4 Å². The molecule has 1 saturated heterocycles. The van der Waals surface area contributed by atoms with Crippen molar-refractivity contribution in [3.8, 4) is 0 Å². The Morgan fingerprint density at radius 1 is 1.08 bits per heavy atom. The van der Waals surface area contributed by atoms with Crippen molar-refractivity contribution in [2.24, 2.45) is 5.92 Å². The number of carbonyl (C=O) groups excluding carboxylic acids is 4. The molecule has 3 rings (SSSR count). The molecule has 37 heavy (non-hydrogen) atoms. The fraction of sp³-hybridized carbons (Fsp3) is 0.444. The van der Waals surface area contributed by atoms with Gasteiger partial charge in [-0.1, -0.05) is 30.3 Å². The summed E-state index contributed by atoms with van der Waals surface area (Å²) in [5.41, 5.74) is 1.92. The molecule has 2 aromatic rings. The highest BCUT2D eigenvalue weighted by Gasteiger charge is 2.30. The van der Waals surface area contributed by atoms with Crippen molar-refractivity contribution in [3.63, 3.8) is 0 Å². The molecule has 1 aliphatic heterocycles. The van der Waals surface area contributed by atoms with Crippen LogP contribution in [0.15, 0.2) is 54.9 Å². The number of hydrogen-bond acceptors (Lipinski definition) is 7. The van der Waals surface area contributed by atoms with Crippen LogP contribution < -0.4 is 10.6 Å². The zero-order valence-electron chi connectivity index (χ0n) is 21.1. The number of carbonyl (C=O) groups is 4. The largest absolute Gasteiger partial charge is 0.464 e. The lowest BCUT2D eigenvalue weighted by atomic mass is 9.91. The second-order valence-electron chi connectivity index (χ2n) is 8.81. The van der Waals surface area contributed by atoms with Crippen molar-refractivity contribution in [2.45, 2.75) is 45.3 Å². The van der Waals surface area contributed by atoms with Crippen molar-refractivity contribution in [1.82, 2.24) is 20.5 Å². The lowest BCUT2D eigenvalue weighted by molar-refractivity contribution is -0.146. The number of nitrogens with one attached hydrogen (secondary N) is 2. The Kier molecular flexibility index (Phi) is 10.9. The molecule has 10 nitrogen and oxygen atoms in total. The molecule has 1 aromatic heterocycles. The molecule has 0 radical (unpaired) electrons. The number of aromatic nitrogens is 1. The predicted octanol–water partition coefficient (Wildman–Crippen LogP) is 2.23. The molecular formula is C27H34N4O6. The van der Waals surface area contributed by atoms with E-state index in [1.807, 2.05) is 42.5 Å². The number of piperidine rings is 1. The van der Waals surface area contributed by atoms with E-state index in [-0.39, 0.29) is 38.1 Å². The van der Waals surface area contributed by atoms with Gasteiger partial charge in [0.1, 0.15) is 12.6 Å². The second kappa shape index (κ2) is 14.6. The first-order valence-corrected chi connectivity index (χ1v) is 12.5. The number of likely N-dealkylation sites (tertiary alicyclic amines) is 1. The van der Waals surface area contributed by atoms with Crippen LogP contribution >= 0.6 is 0 Å². The third-order valence-electron chi connectivity index (χ3n) is 6.09. The zero-order valence-corrected chi connectivity index (χ0v) is 21.1. The highest BCUT2D eigenvalue weighted by molar-refractivity contribution is 5.87. The molecule has 3 amide bonds. The van der Waals surface area contributed by atoms with Crippen molar-refractivity contribution < 1.29 is 28.7 Å². The van der Waals surface area contributed by atoms with Crippen molar-refractivity contribution in [2.75, 3.05) is 26.2 Å². The number of pyridine rings is 1. The van der Waals surface area contributed by atoms with Gasteiger partial charge in [0.15, 0.2) is 0 Å². The maximum Gasteiger partial charge on any atom is 0.408 e. The fourth-order valence-electron chi connectivity index (χ4n) is 4.12. The van der Waals surface area contributed by atoms with Crippen molar-refractivity contribution in [1.29, 1.82) is 0 Å². The number of esters is 1. The quantitative estimate of drug-likeness (QED) is 0.419. The standard InChI is InChI=1S/C27H34N4O6/c1-2-36-26(34)23(30-27(35)37-19-21-7-4-3-5-8-21)17-29-24(32)18-31-16-6-9-22(25(31)33)11-10-20-12-14-28-15-13-20/h3-5,7-8,12-15,22-23H,2,6,9-11,16-19H2,1H3,(H,29,32)(H,30,35)/t22?,23-/m0/s1. The van der Waals surface area contributed by atoms with Crippen LogP contribution in [0.4, 0.5) is 4.79 Å². The lowest BCUT2D eigenvalue weighted by Crippen LogP contribution is -2.52. The molecule has 2 atom stereocenters. The van der Waals surface area contributed by atoms with E-state index >= 15 is 0 Å². The van der Waals surface area contributed by atoms with Crippen LogP contribution in [0.5, 0.6) is 0 Å². The van der Waals surface area contributed by atoms with Gasteiger partial charge in [0.2, 0.25) is 11.8 Å². The van der Waals surface area contributed by atoms with Gasteiger partial charge in [-0.2, -0.15) is 0 Å². The van der Waals surface area contributed by atoms with Crippen LogP contribution in [0, 0.1) is 5.92 Å². The molecule has 1 aromatic carbocycles. The molecule has 1 unspecified atom stereocenters. The van der Waals surface area contributed by atoms with Crippen molar-refractivity contribution in [3.05, 3.63) is 66.0 Å². The Labute approximate surface area is 216 Å². The van der Waals surface area contributed by atoms with E-state index in [1.54, 1.807) is 24.2 Å². The lowest BCUT2D eigenvalue weighted by Gasteiger charge is -2.32. The number of amides is 3. The monoisotopic (exact) mass is 510 g/mol. The highest BCUT2D eigenvalue weighted by atomic mass is 16.6. The minimum atomic E-state index is -1.13. The fourth-order valence-corrected chi connectivity index (χ4v) is 4.12. The third-order valence-corrected chi connectivity index (χ3v) is 6.09. The number of ether oxygens (including phenoxy) is 2. The summed E-state index contributed by atoms with van der Waals surface area (Å²) < 4.78 is 10.2. The first kappa shape index (κ1) is 27.6. The molecule has 1 aliphatic rings. The van der Waals surface area contributed by atoms with Crippen LogP contribution in [-0.2, 0) is 36.9 Å². The Morgan fingerprint density at radius 3 is 2.57 bits per heavy atom. The maximum absolute atomic E-state index is 12.9. The molecule has 2 N–H and O–H groups in total. The average molecular weight is 511 g/mol. The number of hydrogen-bond donors (Lipinski definition) is 2. The van der Waals surface area contributed by atoms with Crippen molar-refractivity contribution >= 4 is 23.9 Å². The molecule has 0 saturated carbocycles. The van der Waals surface area contributed by atoms with E-state index in [4.69, 9.17) is 9.47 Å². The average Bonchev–Trinajstić information content (AvgIpc) is 2.91. The molecule has 0 spiro atoms. The van der Waals surface area contributed by atoms with Gasteiger partial charge in [-0.15, -0.1) is 0 Å². The van der Waals surface area contributed by atoms with Crippen LogP contribution in [0.3, 0.4) is 0 Å². The SMILES string of the molecule is CCOC(=O)[C@H](CNC(=O)CN1CCCC(CCc2ccncc2)C1=O)NC(=O)OCc1ccccc1. The van der Waals surface area contributed by atoms with E-state index in [1.165, 1.54) is 0 Å². The first-order valence-electron chi connectivity index (χ1n) is 12.5. The smallest absolute Gasteiger partial charge is 0.408 e. The van der Waals surface area contributed by atoms with Gasteiger partial charge in [0.25, 0.3) is 0 Å². The molecule has 0 aliphatic carbocycles. The van der Waals surface area contributed by atoms with Gasteiger partial charge in [0.05, 0.1) is 13.2 Å². The number of nitrogens with zero attached hydrogens (tertiary/aromatic N) is 2. The molecule has 10 heteroatoms. The number of aryl methyl sites for hydroxylation is 1. The van der Waals surface area contributed by atoms with Gasteiger partial charge in [-0.05, 0) is 55.9 Å².